The lowest BCUT2D eigenvalue weighted by atomic mass is 9.96. The minimum absolute atomic E-state index is 0.381. The zero-order valence-corrected chi connectivity index (χ0v) is 10.9. The molecule has 0 bridgehead atoms. The van der Waals surface area contributed by atoms with Crippen LogP contribution in [0, 0.1) is 3.57 Å². The van der Waals surface area contributed by atoms with Crippen molar-refractivity contribution < 1.29 is 26.7 Å². The maximum atomic E-state index is 12.9. The predicted molar refractivity (Wildman–Crippen MR) is 62.0 cm³/mol. The minimum Gasteiger partial charge on any atom is -0.484 e. The minimum atomic E-state index is -4.76. The average molecular weight is 376 g/mol. The summed E-state index contributed by atoms with van der Waals surface area (Å²) in [6, 6.07) is 6.63. The van der Waals surface area contributed by atoms with Gasteiger partial charge < -0.3 is 4.74 Å². The molecule has 1 nitrogen and oxygen atoms in total. The number of ether oxygens (including phenoxy) is 1. The highest BCUT2D eigenvalue weighted by Crippen LogP contribution is 2.56. The van der Waals surface area contributed by atoms with Crippen LogP contribution in [-0.4, -0.2) is 11.8 Å². The van der Waals surface area contributed by atoms with Gasteiger partial charge in [0.05, 0.1) is 0 Å². The Morgan fingerprint density at radius 1 is 1.06 bits per heavy atom. The van der Waals surface area contributed by atoms with Crippen LogP contribution in [0.15, 0.2) is 35.9 Å². The van der Waals surface area contributed by atoms with Gasteiger partial charge in [0.15, 0.2) is 0 Å². The number of hydrogen-bond donors (Lipinski definition) is 0. The maximum Gasteiger partial charge on any atom is 0.375 e. The first-order valence-electron chi connectivity index (χ1n) is 4.81. The van der Waals surface area contributed by atoms with Crippen molar-refractivity contribution in [2.45, 2.75) is 18.5 Å². The molecule has 0 amide bonds. The number of hydrogen-bond acceptors (Lipinski definition) is 1. The van der Waals surface area contributed by atoms with E-state index in [0.29, 0.717) is 9.13 Å². The summed E-state index contributed by atoms with van der Waals surface area (Å²) in [5, 5.41) is 0. The van der Waals surface area contributed by atoms with E-state index in [4.69, 9.17) is 0 Å². The van der Waals surface area contributed by atoms with E-state index in [-0.39, 0.29) is 6.61 Å². The molecule has 1 aliphatic rings. The Morgan fingerprint density at radius 2 is 1.67 bits per heavy atom. The van der Waals surface area contributed by atoms with Gasteiger partial charge in [0.25, 0.3) is 0 Å². The first-order chi connectivity index (χ1) is 8.28. The topological polar surface area (TPSA) is 9.23 Å². The zero-order chi connectivity index (χ0) is 13.6. The highest BCUT2D eigenvalue weighted by Gasteiger charge is 2.74. The SMILES string of the molecule is FC1=C(OCc2ccccc2I)C(F)(F)C1(F)F. The molecule has 0 saturated heterocycles. The van der Waals surface area contributed by atoms with E-state index in [0.717, 1.165) is 0 Å². The predicted octanol–water partition coefficient (Wildman–Crippen LogP) is 4.27. The standard InChI is InChI=1S/C11H6F5IO/c12-8-9(11(15,16)10(8,13)14)18-5-6-3-1-2-4-7(6)17/h1-4H,5H2. The van der Waals surface area contributed by atoms with E-state index in [9.17, 15) is 22.0 Å². The van der Waals surface area contributed by atoms with Crippen molar-refractivity contribution in [2.75, 3.05) is 0 Å². The second-order valence-corrected chi connectivity index (χ2v) is 4.83. The average Bonchev–Trinajstić information content (AvgIpc) is 2.30. The third-order valence-electron chi connectivity index (χ3n) is 2.48. The van der Waals surface area contributed by atoms with Crippen molar-refractivity contribution in [1.29, 1.82) is 0 Å². The van der Waals surface area contributed by atoms with E-state index in [2.05, 4.69) is 4.74 Å². The van der Waals surface area contributed by atoms with Crippen LogP contribution >= 0.6 is 22.6 Å². The van der Waals surface area contributed by atoms with Gasteiger partial charge in [0, 0.05) is 9.13 Å². The molecule has 1 aliphatic carbocycles. The fraction of sp³-hybridized carbons (Fsp3) is 0.273. The van der Waals surface area contributed by atoms with Crippen molar-refractivity contribution >= 4 is 22.6 Å². The molecule has 18 heavy (non-hydrogen) atoms. The Morgan fingerprint density at radius 3 is 2.22 bits per heavy atom. The molecule has 0 aliphatic heterocycles. The van der Waals surface area contributed by atoms with E-state index < -0.39 is 23.4 Å². The van der Waals surface area contributed by atoms with Crippen LogP contribution in [0.3, 0.4) is 0 Å². The van der Waals surface area contributed by atoms with Gasteiger partial charge in [0.2, 0.25) is 11.6 Å². The Bertz CT molecular complexity index is 512. The molecule has 98 valence electrons. The lowest BCUT2D eigenvalue weighted by Gasteiger charge is -2.35. The maximum absolute atomic E-state index is 12.9. The molecule has 1 aromatic rings. The van der Waals surface area contributed by atoms with E-state index in [1.165, 1.54) is 0 Å². The van der Waals surface area contributed by atoms with Gasteiger partial charge in [-0.3, -0.25) is 0 Å². The Labute approximate surface area is 113 Å². The number of allylic oxidation sites excluding steroid dienone is 2. The van der Waals surface area contributed by atoms with Gasteiger partial charge in [-0.1, -0.05) is 18.2 Å². The van der Waals surface area contributed by atoms with Gasteiger partial charge in [0.1, 0.15) is 6.61 Å². The highest BCUT2D eigenvalue weighted by molar-refractivity contribution is 14.1. The van der Waals surface area contributed by atoms with Gasteiger partial charge in [-0.25, -0.2) is 4.39 Å². The lowest BCUT2D eigenvalue weighted by molar-refractivity contribution is -0.233. The van der Waals surface area contributed by atoms with Crippen LogP contribution in [0.4, 0.5) is 22.0 Å². The summed E-state index contributed by atoms with van der Waals surface area (Å²) in [7, 11) is 0. The van der Waals surface area contributed by atoms with Crippen LogP contribution < -0.4 is 0 Å². The summed E-state index contributed by atoms with van der Waals surface area (Å²) in [5.74, 6) is -13.1. The van der Waals surface area contributed by atoms with E-state index in [1.54, 1.807) is 24.3 Å². The quantitative estimate of drug-likeness (QED) is 0.566. The lowest BCUT2D eigenvalue weighted by Crippen LogP contribution is -2.53. The number of halogens is 6. The molecular weight excluding hydrogens is 370 g/mol. The second kappa shape index (κ2) is 4.36. The van der Waals surface area contributed by atoms with Crippen molar-refractivity contribution in [2.24, 2.45) is 0 Å². The number of benzene rings is 1. The molecule has 0 saturated carbocycles. The molecule has 0 fully saturated rings. The van der Waals surface area contributed by atoms with Gasteiger partial charge in [-0.2, -0.15) is 17.6 Å². The summed E-state index contributed by atoms with van der Waals surface area (Å²) < 4.78 is 68.7. The molecule has 0 aromatic heterocycles. The van der Waals surface area contributed by atoms with Crippen molar-refractivity contribution in [1.82, 2.24) is 0 Å². The molecule has 1 aromatic carbocycles. The van der Waals surface area contributed by atoms with Crippen molar-refractivity contribution in [3.8, 4) is 0 Å². The first kappa shape index (κ1) is 13.6. The molecule has 0 spiro atoms. The van der Waals surface area contributed by atoms with Crippen molar-refractivity contribution in [3.05, 3.63) is 45.0 Å². The Balaban J connectivity index is 2.14. The molecule has 0 N–H and O–H groups in total. The van der Waals surface area contributed by atoms with Gasteiger partial charge >= 0.3 is 11.8 Å². The Kier molecular flexibility index (Phi) is 3.28. The number of alkyl halides is 4. The third kappa shape index (κ3) is 1.88. The fourth-order valence-corrected chi connectivity index (χ4v) is 1.96. The van der Waals surface area contributed by atoms with Gasteiger partial charge in [-0.15, -0.1) is 0 Å². The summed E-state index contributed by atoms with van der Waals surface area (Å²) in [5.41, 5.74) is 0.518. The van der Waals surface area contributed by atoms with Crippen LogP contribution in [-0.2, 0) is 11.3 Å². The van der Waals surface area contributed by atoms with Crippen molar-refractivity contribution in [3.63, 3.8) is 0 Å². The van der Waals surface area contributed by atoms with E-state index >= 15 is 0 Å². The summed E-state index contributed by atoms with van der Waals surface area (Å²) in [4.78, 5) is 0. The molecule has 0 heterocycles. The third-order valence-corrected chi connectivity index (χ3v) is 3.54. The van der Waals surface area contributed by atoms with Crippen LogP contribution in [0.1, 0.15) is 5.56 Å². The molecular formula is C11H6F5IO. The highest BCUT2D eigenvalue weighted by atomic mass is 127. The molecule has 0 radical (unpaired) electrons. The largest absolute Gasteiger partial charge is 0.484 e. The van der Waals surface area contributed by atoms with Crippen LogP contribution in [0.5, 0.6) is 0 Å². The normalized spacial score (nSPS) is 20.6. The summed E-state index contributed by atoms with van der Waals surface area (Å²) in [6.07, 6.45) is 0. The first-order valence-corrected chi connectivity index (χ1v) is 5.89. The van der Waals surface area contributed by atoms with Crippen LogP contribution in [0.2, 0.25) is 0 Å². The Hall–Kier alpha value is -0.860. The molecule has 0 atom stereocenters. The van der Waals surface area contributed by atoms with Crippen LogP contribution in [0.25, 0.3) is 0 Å². The fourth-order valence-electron chi connectivity index (χ4n) is 1.42. The number of rotatable bonds is 3. The second-order valence-electron chi connectivity index (χ2n) is 3.67. The molecule has 7 heteroatoms. The zero-order valence-electron chi connectivity index (χ0n) is 8.69. The molecule has 0 unspecified atom stereocenters. The molecule has 2 rings (SSSR count). The summed E-state index contributed by atoms with van der Waals surface area (Å²) in [6.45, 7) is -0.381. The monoisotopic (exact) mass is 376 g/mol. The van der Waals surface area contributed by atoms with E-state index in [1.807, 2.05) is 22.6 Å². The summed E-state index contributed by atoms with van der Waals surface area (Å²) >= 11 is 1.93. The smallest absolute Gasteiger partial charge is 0.375 e. The van der Waals surface area contributed by atoms with Gasteiger partial charge in [-0.05, 0) is 28.7 Å².